The van der Waals surface area contributed by atoms with Gasteiger partial charge in [0.25, 0.3) is 0 Å². The van der Waals surface area contributed by atoms with Gasteiger partial charge in [0.15, 0.2) is 0 Å². The van der Waals surface area contributed by atoms with E-state index in [9.17, 15) is 13.6 Å². The molecule has 1 aliphatic heterocycles. The highest BCUT2D eigenvalue weighted by atomic mass is 19.1. The lowest BCUT2D eigenvalue weighted by molar-refractivity contribution is -0.120. The van der Waals surface area contributed by atoms with Gasteiger partial charge in [-0.15, -0.1) is 0 Å². The van der Waals surface area contributed by atoms with E-state index in [2.05, 4.69) is 23.2 Å². The summed E-state index contributed by atoms with van der Waals surface area (Å²) in [5.74, 6) is -1.46. The van der Waals surface area contributed by atoms with Crippen LogP contribution in [0.1, 0.15) is 31.0 Å². The van der Waals surface area contributed by atoms with E-state index in [0.29, 0.717) is 0 Å². The molecule has 5 heteroatoms. The zero-order valence-electron chi connectivity index (χ0n) is 13.7. The van der Waals surface area contributed by atoms with Gasteiger partial charge in [-0.05, 0) is 38.0 Å². The van der Waals surface area contributed by atoms with Crippen LogP contribution in [0.2, 0.25) is 0 Å². The van der Waals surface area contributed by atoms with Crippen molar-refractivity contribution in [3.8, 4) is 0 Å². The number of benzene rings is 2. The topological polar surface area (TPSA) is 32.3 Å². The molecule has 0 spiro atoms. The summed E-state index contributed by atoms with van der Waals surface area (Å²) < 4.78 is 26.8. The fourth-order valence-corrected chi connectivity index (χ4v) is 3.24. The quantitative estimate of drug-likeness (QED) is 0.929. The molecule has 0 unspecified atom stereocenters. The van der Waals surface area contributed by atoms with E-state index < -0.39 is 17.7 Å². The number of carbonyl (C=O) groups is 1. The molecule has 0 aromatic heterocycles. The molecule has 24 heavy (non-hydrogen) atoms. The van der Waals surface area contributed by atoms with Crippen molar-refractivity contribution < 1.29 is 13.6 Å². The number of nitrogens with one attached hydrogen (secondary N) is 1. The zero-order valence-corrected chi connectivity index (χ0v) is 13.7. The predicted molar refractivity (Wildman–Crippen MR) is 89.9 cm³/mol. The second-order valence-corrected chi connectivity index (χ2v) is 6.26. The number of hydrogen-bond acceptors (Lipinski definition) is 2. The number of amides is 1. The van der Waals surface area contributed by atoms with E-state index in [1.165, 1.54) is 17.7 Å². The lowest BCUT2D eigenvalue weighted by Gasteiger charge is -2.25. The van der Waals surface area contributed by atoms with Crippen LogP contribution in [-0.2, 0) is 11.2 Å². The van der Waals surface area contributed by atoms with Gasteiger partial charge in [-0.1, -0.05) is 24.3 Å². The smallest absolute Gasteiger partial charge is 0.240 e. The first-order valence-electron chi connectivity index (χ1n) is 8.04. The summed E-state index contributed by atoms with van der Waals surface area (Å²) >= 11 is 0. The van der Waals surface area contributed by atoms with Crippen molar-refractivity contribution in [2.45, 2.75) is 32.4 Å². The minimum absolute atomic E-state index is 0.185. The molecule has 126 valence electrons. The second kappa shape index (κ2) is 6.59. The molecular formula is C19H20F2N2O. The van der Waals surface area contributed by atoms with Gasteiger partial charge >= 0.3 is 0 Å². The van der Waals surface area contributed by atoms with Gasteiger partial charge in [-0.3, -0.25) is 4.79 Å². The summed E-state index contributed by atoms with van der Waals surface area (Å²) in [5, 5.41) is 2.79. The highest BCUT2D eigenvalue weighted by Gasteiger charge is 2.27. The Balaban J connectivity index is 1.67. The van der Waals surface area contributed by atoms with Crippen LogP contribution < -0.4 is 10.2 Å². The molecule has 1 heterocycles. The van der Waals surface area contributed by atoms with E-state index >= 15 is 0 Å². The maximum Gasteiger partial charge on any atom is 0.240 e. The Labute approximate surface area is 140 Å². The number of hydrogen-bond donors (Lipinski definition) is 1. The molecule has 0 aliphatic carbocycles. The predicted octanol–water partition coefficient (Wildman–Crippen LogP) is 3.59. The van der Waals surface area contributed by atoms with Crippen molar-refractivity contribution in [1.82, 2.24) is 5.32 Å². The monoisotopic (exact) mass is 330 g/mol. The summed E-state index contributed by atoms with van der Waals surface area (Å²) in [6, 6.07) is 11.1. The average Bonchev–Trinajstić information content (AvgIpc) is 2.83. The summed E-state index contributed by atoms with van der Waals surface area (Å²) in [6.45, 7) is 3.98. The summed E-state index contributed by atoms with van der Waals surface area (Å²) in [4.78, 5) is 14.4. The maximum atomic E-state index is 13.8. The van der Waals surface area contributed by atoms with Crippen molar-refractivity contribution >= 4 is 11.6 Å². The van der Waals surface area contributed by atoms with Gasteiger partial charge in [0.05, 0.1) is 12.6 Å². The van der Waals surface area contributed by atoms with Crippen LogP contribution in [0, 0.1) is 11.6 Å². The van der Waals surface area contributed by atoms with Gasteiger partial charge in [0.1, 0.15) is 11.6 Å². The zero-order chi connectivity index (χ0) is 17.3. The Bertz CT molecular complexity index is 763. The highest BCUT2D eigenvalue weighted by Crippen LogP contribution is 2.31. The Hall–Kier alpha value is -2.43. The molecule has 0 radical (unpaired) electrons. The molecule has 2 atom stereocenters. The first-order valence-corrected chi connectivity index (χ1v) is 8.04. The van der Waals surface area contributed by atoms with Crippen LogP contribution in [0.3, 0.4) is 0 Å². The lowest BCUT2D eigenvalue weighted by atomic mass is 10.1. The van der Waals surface area contributed by atoms with E-state index in [0.717, 1.165) is 18.2 Å². The van der Waals surface area contributed by atoms with E-state index in [1.807, 2.05) is 18.2 Å². The Kier molecular flexibility index (Phi) is 4.51. The minimum atomic E-state index is -0.650. The van der Waals surface area contributed by atoms with Crippen molar-refractivity contribution in [3.05, 3.63) is 65.2 Å². The highest BCUT2D eigenvalue weighted by molar-refractivity contribution is 5.83. The molecule has 0 fully saturated rings. The number of rotatable bonds is 4. The third-order valence-corrected chi connectivity index (χ3v) is 4.47. The number of halogens is 2. The molecule has 0 saturated heterocycles. The van der Waals surface area contributed by atoms with Gasteiger partial charge < -0.3 is 10.2 Å². The normalized spacial score (nSPS) is 17.5. The van der Waals surface area contributed by atoms with Crippen molar-refractivity contribution in [1.29, 1.82) is 0 Å². The maximum absolute atomic E-state index is 13.8. The van der Waals surface area contributed by atoms with Crippen LogP contribution in [0.4, 0.5) is 14.5 Å². The van der Waals surface area contributed by atoms with E-state index in [4.69, 9.17) is 0 Å². The first kappa shape index (κ1) is 16.4. The fraction of sp³-hybridized carbons (Fsp3) is 0.316. The van der Waals surface area contributed by atoms with Gasteiger partial charge in [0.2, 0.25) is 5.91 Å². The van der Waals surface area contributed by atoms with Crippen LogP contribution in [0.25, 0.3) is 0 Å². The molecule has 0 bridgehead atoms. The SMILES string of the molecule is C[C@@H]1Cc2ccccc2N1CC(=O)N[C@H](C)c1ccc(F)cc1F. The Morgan fingerprint density at radius 2 is 2.04 bits per heavy atom. The number of para-hydroxylation sites is 1. The fourth-order valence-electron chi connectivity index (χ4n) is 3.24. The Morgan fingerprint density at radius 1 is 1.29 bits per heavy atom. The summed E-state index contributed by atoms with van der Waals surface area (Å²) in [5.41, 5.74) is 2.58. The van der Waals surface area contributed by atoms with Gasteiger partial charge in [-0.25, -0.2) is 8.78 Å². The van der Waals surface area contributed by atoms with E-state index in [-0.39, 0.29) is 24.1 Å². The first-order chi connectivity index (χ1) is 11.5. The largest absolute Gasteiger partial charge is 0.359 e. The van der Waals surface area contributed by atoms with Crippen LogP contribution >= 0.6 is 0 Å². The number of nitrogens with zero attached hydrogens (tertiary/aromatic N) is 1. The molecule has 3 rings (SSSR count). The molecule has 0 saturated carbocycles. The lowest BCUT2D eigenvalue weighted by Crippen LogP contribution is -2.41. The summed E-state index contributed by atoms with van der Waals surface area (Å²) in [7, 11) is 0. The molecule has 1 aliphatic rings. The molecule has 1 amide bonds. The average molecular weight is 330 g/mol. The van der Waals surface area contributed by atoms with Gasteiger partial charge in [0, 0.05) is 23.4 Å². The minimum Gasteiger partial charge on any atom is -0.359 e. The molecule has 1 N–H and O–H groups in total. The molecule has 2 aromatic rings. The second-order valence-electron chi connectivity index (χ2n) is 6.26. The van der Waals surface area contributed by atoms with Crippen LogP contribution in [0.15, 0.2) is 42.5 Å². The number of fused-ring (bicyclic) bond motifs is 1. The van der Waals surface area contributed by atoms with Crippen molar-refractivity contribution in [2.75, 3.05) is 11.4 Å². The van der Waals surface area contributed by atoms with Crippen LogP contribution in [0.5, 0.6) is 0 Å². The third-order valence-electron chi connectivity index (χ3n) is 4.47. The number of carbonyl (C=O) groups excluding carboxylic acids is 1. The molecule has 2 aromatic carbocycles. The van der Waals surface area contributed by atoms with Crippen LogP contribution in [-0.4, -0.2) is 18.5 Å². The summed E-state index contributed by atoms with van der Waals surface area (Å²) in [6.07, 6.45) is 0.908. The number of anilines is 1. The standard InChI is InChI=1S/C19H20F2N2O/c1-12-9-14-5-3-4-6-18(14)23(12)11-19(24)22-13(2)16-8-7-15(20)10-17(16)21/h3-8,10,12-13H,9,11H2,1-2H3,(H,22,24)/t12-,13-/m1/s1. The molecule has 3 nitrogen and oxygen atoms in total. The molecular weight excluding hydrogens is 310 g/mol. The Morgan fingerprint density at radius 3 is 2.79 bits per heavy atom. The van der Waals surface area contributed by atoms with Crippen molar-refractivity contribution in [2.24, 2.45) is 0 Å². The van der Waals surface area contributed by atoms with Gasteiger partial charge in [-0.2, -0.15) is 0 Å². The third kappa shape index (κ3) is 3.25. The van der Waals surface area contributed by atoms with E-state index in [1.54, 1.807) is 6.92 Å². The van der Waals surface area contributed by atoms with Crippen molar-refractivity contribution in [3.63, 3.8) is 0 Å².